The molecular formula is C17H17ClN2O. The maximum absolute atomic E-state index is 12.0. The van der Waals surface area contributed by atoms with Gasteiger partial charge in [-0.3, -0.25) is 4.79 Å². The van der Waals surface area contributed by atoms with Gasteiger partial charge in [-0.25, -0.2) is 0 Å². The van der Waals surface area contributed by atoms with Crippen LogP contribution in [0.5, 0.6) is 0 Å². The zero-order valence-corrected chi connectivity index (χ0v) is 12.6. The molecule has 0 spiro atoms. The van der Waals surface area contributed by atoms with Crippen LogP contribution in [0.4, 0.5) is 0 Å². The molecule has 0 fully saturated rings. The number of amides is 1. The lowest BCUT2D eigenvalue weighted by molar-refractivity contribution is 0.0946. The summed E-state index contributed by atoms with van der Waals surface area (Å²) < 4.78 is 0. The molecule has 108 valence electrons. The summed E-state index contributed by atoms with van der Waals surface area (Å²) in [6.45, 7) is 0.713. The third-order valence-corrected chi connectivity index (χ3v) is 4.24. The van der Waals surface area contributed by atoms with Crippen molar-refractivity contribution in [2.75, 3.05) is 13.6 Å². The first-order chi connectivity index (χ1) is 10.2. The van der Waals surface area contributed by atoms with Crippen molar-refractivity contribution < 1.29 is 4.79 Å². The predicted molar refractivity (Wildman–Crippen MR) is 84.8 cm³/mol. The van der Waals surface area contributed by atoms with E-state index in [0.29, 0.717) is 6.54 Å². The van der Waals surface area contributed by atoms with E-state index in [9.17, 15) is 4.79 Å². The van der Waals surface area contributed by atoms with Crippen molar-refractivity contribution in [1.29, 1.82) is 0 Å². The molecule has 3 rings (SSSR count). The number of nitrogens with one attached hydrogen (secondary N) is 2. The van der Waals surface area contributed by atoms with Crippen molar-refractivity contribution in [3.8, 4) is 0 Å². The molecular weight excluding hydrogens is 284 g/mol. The van der Waals surface area contributed by atoms with Crippen molar-refractivity contribution in [2.45, 2.75) is 12.5 Å². The molecule has 1 atom stereocenters. The lowest BCUT2D eigenvalue weighted by atomic mass is 9.92. The van der Waals surface area contributed by atoms with Gasteiger partial charge < -0.3 is 10.6 Å². The Balaban J connectivity index is 2.04. The number of benzene rings is 2. The van der Waals surface area contributed by atoms with Gasteiger partial charge in [0, 0.05) is 17.1 Å². The summed E-state index contributed by atoms with van der Waals surface area (Å²) in [7, 11) is 1.90. The first-order valence-electron chi connectivity index (χ1n) is 7.03. The van der Waals surface area contributed by atoms with E-state index in [1.165, 1.54) is 0 Å². The largest absolute Gasteiger partial charge is 0.352 e. The van der Waals surface area contributed by atoms with Gasteiger partial charge in [-0.1, -0.05) is 41.9 Å². The van der Waals surface area contributed by atoms with E-state index in [1.807, 2.05) is 43.4 Å². The Bertz CT molecular complexity index is 684. The fourth-order valence-electron chi connectivity index (χ4n) is 2.82. The molecule has 0 saturated carbocycles. The lowest BCUT2D eigenvalue weighted by Crippen LogP contribution is -2.32. The van der Waals surface area contributed by atoms with E-state index in [0.717, 1.165) is 33.7 Å². The highest BCUT2D eigenvalue weighted by molar-refractivity contribution is 6.31. The summed E-state index contributed by atoms with van der Waals surface area (Å²) >= 11 is 6.30. The molecule has 2 aromatic carbocycles. The van der Waals surface area contributed by atoms with Gasteiger partial charge in [-0.15, -0.1) is 0 Å². The van der Waals surface area contributed by atoms with Gasteiger partial charge in [0.15, 0.2) is 0 Å². The first-order valence-corrected chi connectivity index (χ1v) is 7.41. The normalized spacial score (nSPS) is 15.2. The second kappa shape index (κ2) is 5.88. The Kier molecular flexibility index (Phi) is 3.95. The van der Waals surface area contributed by atoms with Crippen LogP contribution in [0, 0.1) is 0 Å². The number of rotatable bonds is 3. The van der Waals surface area contributed by atoms with Crippen molar-refractivity contribution in [2.24, 2.45) is 0 Å². The van der Waals surface area contributed by atoms with E-state index in [4.69, 9.17) is 11.6 Å². The minimum atomic E-state index is -0.0290. The zero-order valence-electron chi connectivity index (χ0n) is 11.8. The molecule has 1 amide bonds. The Morgan fingerprint density at radius 2 is 2.05 bits per heavy atom. The van der Waals surface area contributed by atoms with Crippen LogP contribution in [-0.4, -0.2) is 19.5 Å². The molecule has 3 nitrogen and oxygen atoms in total. The Morgan fingerprint density at radius 1 is 1.24 bits per heavy atom. The summed E-state index contributed by atoms with van der Waals surface area (Å²) in [5, 5.41) is 6.89. The van der Waals surface area contributed by atoms with Crippen LogP contribution in [0.25, 0.3) is 0 Å². The summed E-state index contributed by atoms with van der Waals surface area (Å²) in [5.41, 5.74) is 3.93. The van der Waals surface area contributed by atoms with Crippen LogP contribution >= 0.6 is 11.6 Å². The standard InChI is InChI=1S/C17H17ClN2O/c1-19-16(13-4-2-3-5-15(13)18)12-7-6-11-8-9-20-17(21)14(11)10-12/h2-7,10,16,19H,8-9H2,1H3,(H,20,21). The zero-order chi connectivity index (χ0) is 14.8. The van der Waals surface area contributed by atoms with Gasteiger partial charge in [0.1, 0.15) is 0 Å². The van der Waals surface area contributed by atoms with E-state index in [-0.39, 0.29) is 11.9 Å². The lowest BCUT2D eigenvalue weighted by Gasteiger charge is -2.22. The number of hydrogen-bond donors (Lipinski definition) is 2. The molecule has 0 aliphatic carbocycles. The highest BCUT2D eigenvalue weighted by atomic mass is 35.5. The van der Waals surface area contributed by atoms with Gasteiger partial charge in [0.25, 0.3) is 5.91 Å². The van der Waals surface area contributed by atoms with E-state index in [1.54, 1.807) is 0 Å². The van der Waals surface area contributed by atoms with Gasteiger partial charge in [0.05, 0.1) is 6.04 Å². The summed E-state index contributed by atoms with van der Waals surface area (Å²) in [6.07, 6.45) is 0.887. The molecule has 0 saturated heterocycles. The summed E-state index contributed by atoms with van der Waals surface area (Å²) in [6, 6.07) is 13.8. The van der Waals surface area contributed by atoms with E-state index < -0.39 is 0 Å². The van der Waals surface area contributed by atoms with Crippen LogP contribution in [-0.2, 0) is 6.42 Å². The number of fused-ring (bicyclic) bond motifs is 1. The number of halogens is 1. The van der Waals surface area contributed by atoms with Gasteiger partial charge in [-0.2, -0.15) is 0 Å². The molecule has 4 heteroatoms. The third-order valence-electron chi connectivity index (χ3n) is 3.90. The Labute approximate surface area is 129 Å². The Hall–Kier alpha value is -1.84. The number of carbonyl (C=O) groups is 1. The maximum Gasteiger partial charge on any atom is 0.251 e. The van der Waals surface area contributed by atoms with E-state index in [2.05, 4.69) is 16.7 Å². The van der Waals surface area contributed by atoms with Crippen molar-refractivity contribution >= 4 is 17.5 Å². The molecule has 1 heterocycles. The molecule has 21 heavy (non-hydrogen) atoms. The summed E-state index contributed by atoms with van der Waals surface area (Å²) in [4.78, 5) is 12.0. The highest BCUT2D eigenvalue weighted by Crippen LogP contribution is 2.29. The molecule has 0 radical (unpaired) electrons. The second-order valence-electron chi connectivity index (χ2n) is 5.17. The quantitative estimate of drug-likeness (QED) is 0.915. The highest BCUT2D eigenvalue weighted by Gasteiger charge is 2.20. The van der Waals surface area contributed by atoms with Crippen LogP contribution in [0.2, 0.25) is 5.02 Å². The number of carbonyl (C=O) groups excluding carboxylic acids is 1. The van der Waals surface area contributed by atoms with Crippen LogP contribution in [0.1, 0.15) is 33.1 Å². The Morgan fingerprint density at radius 3 is 2.81 bits per heavy atom. The monoisotopic (exact) mass is 300 g/mol. The number of hydrogen-bond acceptors (Lipinski definition) is 2. The average Bonchev–Trinajstić information content (AvgIpc) is 2.51. The van der Waals surface area contributed by atoms with Gasteiger partial charge >= 0.3 is 0 Å². The predicted octanol–water partition coefficient (Wildman–Crippen LogP) is 2.93. The topological polar surface area (TPSA) is 41.1 Å². The van der Waals surface area contributed by atoms with Crippen LogP contribution < -0.4 is 10.6 Å². The first kappa shape index (κ1) is 14.1. The minimum Gasteiger partial charge on any atom is -0.352 e. The van der Waals surface area contributed by atoms with Gasteiger partial charge in [0.2, 0.25) is 0 Å². The fraction of sp³-hybridized carbons (Fsp3) is 0.235. The minimum absolute atomic E-state index is 0.00658. The second-order valence-corrected chi connectivity index (χ2v) is 5.57. The average molecular weight is 301 g/mol. The SMILES string of the molecule is CNC(c1ccc2c(c1)C(=O)NCC2)c1ccccc1Cl. The molecule has 0 aromatic heterocycles. The molecule has 2 N–H and O–H groups in total. The molecule has 0 bridgehead atoms. The van der Waals surface area contributed by atoms with Gasteiger partial charge in [-0.05, 0) is 42.3 Å². The smallest absolute Gasteiger partial charge is 0.251 e. The molecule has 2 aromatic rings. The van der Waals surface area contributed by atoms with E-state index >= 15 is 0 Å². The fourth-order valence-corrected chi connectivity index (χ4v) is 3.06. The maximum atomic E-state index is 12.0. The molecule has 1 aliphatic rings. The third kappa shape index (κ3) is 2.67. The molecule has 1 unspecified atom stereocenters. The van der Waals surface area contributed by atoms with Crippen LogP contribution in [0.15, 0.2) is 42.5 Å². The van der Waals surface area contributed by atoms with Crippen molar-refractivity contribution in [3.63, 3.8) is 0 Å². The van der Waals surface area contributed by atoms with Crippen molar-refractivity contribution in [1.82, 2.24) is 10.6 Å². The van der Waals surface area contributed by atoms with Crippen molar-refractivity contribution in [3.05, 3.63) is 69.7 Å². The summed E-state index contributed by atoms with van der Waals surface area (Å²) in [5.74, 6) is 0.00658. The molecule has 1 aliphatic heterocycles. The van der Waals surface area contributed by atoms with Crippen LogP contribution in [0.3, 0.4) is 0 Å².